The summed E-state index contributed by atoms with van der Waals surface area (Å²) in [6, 6.07) is 3.14. The molecule has 0 aliphatic carbocycles. The lowest BCUT2D eigenvalue weighted by atomic mass is 10.1. The van der Waals surface area contributed by atoms with E-state index in [-0.39, 0.29) is 5.76 Å². The number of aryl methyl sites for hydroxylation is 1. The number of aliphatic hydroxyl groups excluding tert-OH is 4. The van der Waals surface area contributed by atoms with E-state index in [1.54, 1.807) is 13.0 Å². The molecule has 1 rings (SSSR count). The number of hydrogen-bond donors (Lipinski definition) is 4. The summed E-state index contributed by atoms with van der Waals surface area (Å²) in [4.78, 5) is 0. The average Bonchev–Trinajstić information content (AvgIpc) is 2.61. The lowest BCUT2D eigenvalue weighted by Crippen LogP contribution is -2.34. The molecule has 4 N–H and O–H groups in total. The quantitative estimate of drug-likeness (QED) is 0.520. The summed E-state index contributed by atoms with van der Waals surface area (Å²) in [7, 11) is 0. The SMILES string of the molecule is Cc1ccc([C@@H](O)[C@@H](O)[C@H](O)CO)o1. The molecule has 1 heterocycles. The third-order valence-corrected chi connectivity index (χ3v) is 1.96. The lowest BCUT2D eigenvalue weighted by molar-refractivity contribution is -0.0837. The van der Waals surface area contributed by atoms with E-state index in [1.807, 2.05) is 0 Å². The van der Waals surface area contributed by atoms with Crippen LogP contribution in [0.4, 0.5) is 0 Å². The second kappa shape index (κ2) is 4.56. The Balaban J connectivity index is 2.69. The lowest BCUT2D eigenvalue weighted by Gasteiger charge is -2.19. The van der Waals surface area contributed by atoms with E-state index in [2.05, 4.69) is 0 Å². The smallest absolute Gasteiger partial charge is 0.140 e. The van der Waals surface area contributed by atoms with Gasteiger partial charge < -0.3 is 24.8 Å². The fraction of sp³-hybridized carbons (Fsp3) is 0.556. The van der Waals surface area contributed by atoms with E-state index in [0.29, 0.717) is 5.76 Å². The van der Waals surface area contributed by atoms with Gasteiger partial charge in [-0.15, -0.1) is 0 Å². The summed E-state index contributed by atoms with van der Waals surface area (Å²) in [5.41, 5.74) is 0. The van der Waals surface area contributed by atoms with Gasteiger partial charge in [-0.2, -0.15) is 0 Å². The van der Waals surface area contributed by atoms with Crippen molar-refractivity contribution in [2.24, 2.45) is 0 Å². The second-order valence-electron chi connectivity index (χ2n) is 3.13. The average molecular weight is 202 g/mol. The number of aliphatic hydroxyl groups is 4. The van der Waals surface area contributed by atoms with E-state index in [4.69, 9.17) is 14.6 Å². The Morgan fingerprint density at radius 2 is 1.93 bits per heavy atom. The molecule has 1 aromatic heterocycles. The molecule has 1 aromatic rings. The molecule has 0 unspecified atom stereocenters. The molecule has 3 atom stereocenters. The molecule has 5 heteroatoms. The third-order valence-electron chi connectivity index (χ3n) is 1.96. The molecule has 0 bridgehead atoms. The fourth-order valence-electron chi connectivity index (χ4n) is 1.10. The van der Waals surface area contributed by atoms with Gasteiger partial charge in [-0.3, -0.25) is 0 Å². The molecule has 0 radical (unpaired) electrons. The highest BCUT2D eigenvalue weighted by Crippen LogP contribution is 2.21. The van der Waals surface area contributed by atoms with Gasteiger partial charge >= 0.3 is 0 Å². The van der Waals surface area contributed by atoms with Crippen molar-refractivity contribution in [3.8, 4) is 0 Å². The first-order valence-electron chi connectivity index (χ1n) is 4.27. The Labute approximate surface area is 81.2 Å². The molecule has 0 saturated carbocycles. The minimum Gasteiger partial charge on any atom is -0.464 e. The topological polar surface area (TPSA) is 94.1 Å². The maximum Gasteiger partial charge on any atom is 0.140 e. The summed E-state index contributed by atoms with van der Waals surface area (Å²) in [5.74, 6) is 0.771. The Bertz CT molecular complexity index is 282. The van der Waals surface area contributed by atoms with Crippen molar-refractivity contribution < 1.29 is 24.8 Å². The Hall–Kier alpha value is -0.880. The van der Waals surface area contributed by atoms with Crippen LogP contribution in [0.15, 0.2) is 16.5 Å². The summed E-state index contributed by atoms with van der Waals surface area (Å²) in [5, 5.41) is 36.4. The van der Waals surface area contributed by atoms with Gasteiger partial charge in [-0.25, -0.2) is 0 Å². The van der Waals surface area contributed by atoms with Crippen LogP contribution in [0.1, 0.15) is 17.6 Å². The number of rotatable bonds is 4. The first-order chi connectivity index (χ1) is 6.56. The highest BCUT2D eigenvalue weighted by atomic mass is 16.4. The van der Waals surface area contributed by atoms with Crippen molar-refractivity contribution in [1.29, 1.82) is 0 Å². The molecule has 80 valence electrons. The standard InChI is InChI=1S/C9H14O5/c1-5-2-3-7(14-5)9(13)8(12)6(11)4-10/h2-3,6,8-13H,4H2,1H3/t6-,8+,9-/m1/s1. The Morgan fingerprint density at radius 1 is 1.29 bits per heavy atom. The molecule has 0 aliphatic rings. The van der Waals surface area contributed by atoms with Gasteiger partial charge in [0.1, 0.15) is 29.8 Å². The normalized spacial score (nSPS) is 17.8. The van der Waals surface area contributed by atoms with Crippen LogP contribution in [0.25, 0.3) is 0 Å². The van der Waals surface area contributed by atoms with Gasteiger partial charge in [0.25, 0.3) is 0 Å². The van der Waals surface area contributed by atoms with E-state index >= 15 is 0 Å². The third kappa shape index (κ3) is 2.33. The van der Waals surface area contributed by atoms with E-state index in [9.17, 15) is 10.2 Å². The fourth-order valence-corrected chi connectivity index (χ4v) is 1.10. The van der Waals surface area contributed by atoms with Crippen LogP contribution >= 0.6 is 0 Å². The van der Waals surface area contributed by atoms with Crippen LogP contribution in [-0.2, 0) is 0 Å². The van der Waals surface area contributed by atoms with Gasteiger partial charge in [0, 0.05) is 0 Å². The highest BCUT2D eigenvalue weighted by molar-refractivity contribution is 5.09. The van der Waals surface area contributed by atoms with Crippen molar-refractivity contribution in [2.45, 2.75) is 25.2 Å². The molecule has 0 aliphatic heterocycles. The molecule has 0 spiro atoms. The largest absolute Gasteiger partial charge is 0.464 e. The van der Waals surface area contributed by atoms with E-state index in [0.717, 1.165) is 0 Å². The minimum atomic E-state index is -1.45. The van der Waals surface area contributed by atoms with Gasteiger partial charge in [0.05, 0.1) is 6.61 Å². The van der Waals surface area contributed by atoms with Crippen LogP contribution in [0.2, 0.25) is 0 Å². The molecule has 14 heavy (non-hydrogen) atoms. The molecule has 0 saturated heterocycles. The summed E-state index contributed by atoms with van der Waals surface area (Å²) < 4.78 is 5.06. The predicted molar refractivity (Wildman–Crippen MR) is 47.5 cm³/mol. The van der Waals surface area contributed by atoms with Gasteiger partial charge in [-0.05, 0) is 19.1 Å². The first-order valence-corrected chi connectivity index (χ1v) is 4.27. The highest BCUT2D eigenvalue weighted by Gasteiger charge is 2.27. The summed E-state index contributed by atoms with van der Waals surface area (Å²) in [6.07, 6.45) is -4.16. The monoisotopic (exact) mass is 202 g/mol. The van der Waals surface area contributed by atoms with Crippen molar-refractivity contribution in [3.63, 3.8) is 0 Å². The minimum absolute atomic E-state index is 0.169. The van der Waals surface area contributed by atoms with Crippen molar-refractivity contribution in [3.05, 3.63) is 23.7 Å². The molecular weight excluding hydrogens is 188 g/mol. The maximum atomic E-state index is 9.49. The van der Waals surface area contributed by atoms with Crippen molar-refractivity contribution in [1.82, 2.24) is 0 Å². The van der Waals surface area contributed by atoms with Crippen LogP contribution in [0.5, 0.6) is 0 Å². The van der Waals surface area contributed by atoms with Crippen LogP contribution < -0.4 is 0 Å². The zero-order valence-corrected chi connectivity index (χ0v) is 7.79. The molecule has 0 amide bonds. The molecule has 5 nitrogen and oxygen atoms in total. The van der Waals surface area contributed by atoms with Gasteiger partial charge in [0.2, 0.25) is 0 Å². The number of hydrogen-bond acceptors (Lipinski definition) is 5. The van der Waals surface area contributed by atoms with E-state index < -0.39 is 24.9 Å². The predicted octanol–water partition coefficient (Wildman–Crippen LogP) is -0.664. The van der Waals surface area contributed by atoms with Gasteiger partial charge in [0.15, 0.2) is 0 Å². The zero-order valence-electron chi connectivity index (χ0n) is 7.79. The Kier molecular flexibility index (Phi) is 3.65. The summed E-state index contributed by atoms with van der Waals surface area (Å²) >= 11 is 0. The van der Waals surface area contributed by atoms with Crippen LogP contribution in [0.3, 0.4) is 0 Å². The van der Waals surface area contributed by atoms with Crippen molar-refractivity contribution >= 4 is 0 Å². The molecular formula is C9H14O5. The molecule has 0 fully saturated rings. The Morgan fingerprint density at radius 3 is 2.36 bits per heavy atom. The van der Waals surface area contributed by atoms with Crippen LogP contribution in [-0.4, -0.2) is 39.2 Å². The zero-order chi connectivity index (χ0) is 10.7. The number of furan rings is 1. The van der Waals surface area contributed by atoms with Gasteiger partial charge in [-0.1, -0.05) is 0 Å². The van der Waals surface area contributed by atoms with E-state index in [1.165, 1.54) is 6.07 Å². The first kappa shape index (κ1) is 11.2. The summed E-state index contributed by atoms with van der Waals surface area (Å²) in [6.45, 7) is 1.09. The second-order valence-corrected chi connectivity index (χ2v) is 3.13. The maximum absolute atomic E-state index is 9.49. The van der Waals surface area contributed by atoms with Crippen molar-refractivity contribution in [2.75, 3.05) is 6.61 Å². The molecule has 0 aromatic carbocycles. The van der Waals surface area contributed by atoms with Crippen LogP contribution in [0, 0.1) is 6.92 Å².